The summed E-state index contributed by atoms with van der Waals surface area (Å²) in [6.07, 6.45) is 0. The van der Waals surface area contributed by atoms with Crippen LogP contribution >= 0.6 is 11.6 Å². The predicted molar refractivity (Wildman–Crippen MR) is 92.1 cm³/mol. The van der Waals surface area contributed by atoms with Crippen LogP contribution in [0.5, 0.6) is 0 Å². The van der Waals surface area contributed by atoms with Crippen LogP contribution in [-0.2, 0) is 10.0 Å². The number of hydrogen-bond acceptors (Lipinski definition) is 3. The van der Waals surface area contributed by atoms with Crippen LogP contribution in [0.15, 0.2) is 53.4 Å². The molecule has 6 heteroatoms. The molecule has 0 aliphatic carbocycles. The van der Waals surface area contributed by atoms with Crippen LogP contribution in [0.25, 0.3) is 0 Å². The van der Waals surface area contributed by atoms with Crippen molar-refractivity contribution in [2.75, 3.05) is 13.1 Å². The zero-order valence-electron chi connectivity index (χ0n) is 12.8. The molecule has 1 aliphatic rings. The van der Waals surface area contributed by atoms with E-state index in [2.05, 4.69) is 0 Å². The minimum Gasteiger partial charge on any atom is -0.326 e. The Labute approximate surface area is 141 Å². The molecule has 1 heterocycles. The van der Waals surface area contributed by atoms with Crippen molar-refractivity contribution in [2.45, 2.75) is 23.8 Å². The van der Waals surface area contributed by atoms with Crippen LogP contribution in [0.2, 0.25) is 5.02 Å². The van der Waals surface area contributed by atoms with Gasteiger partial charge in [-0.05, 0) is 30.2 Å². The highest BCUT2D eigenvalue weighted by Gasteiger charge is 2.38. The van der Waals surface area contributed by atoms with Gasteiger partial charge in [0.1, 0.15) is 0 Å². The smallest absolute Gasteiger partial charge is 0.243 e. The van der Waals surface area contributed by atoms with Gasteiger partial charge in [-0.25, -0.2) is 8.42 Å². The molecule has 0 unspecified atom stereocenters. The van der Waals surface area contributed by atoms with E-state index in [9.17, 15) is 8.42 Å². The molecule has 1 aliphatic heterocycles. The zero-order chi connectivity index (χ0) is 16.6. The Hall–Kier alpha value is -1.40. The molecule has 23 heavy (non-hydrogen) atoms. The summed E-state index contributed by atoms with van der Waals surface area (Å²) in [5.41, 5.74) is 8.12. The fourth-order valence-electron chi connectivity index (χ4n) is 2.92. The van der Waals surface area contributed by atoms with Gasteiger partial charge in [0.25, 0.3) is 0 Å². The van der Waals surface area contributed by atoms with E-state index < -0.39 is 10.0 Å². The number of sulfonamides is 1. The Morgan fingerprint density at radius 3 is 2.48 bits per heavy atom. The second kappa shape index (κ2) is 6.24. The van der Waals surface area contributed by atoms with Crippen molar-refractivity contribution in [3.8, 4) is 0 Å². The Bertz CT molecular complexity index is 809. The van der Waals surface area contributed by atoms with Gasteiger partial charge in [0.2, 0.25) is 10.0 Å². The van der Waals surface area contributed by atoms with E-state index in [1.54, 1.807) is 12.1 Å². The molecule has 2 atom stereocenters. The first kappa shape index (κ1) is 16.5. The summed E-state index contributed by atoms with van der Waals surface area (Å²) in [4.78, 5) is 0.217. The summed E-state index contributed by atoms with van der Waals surface area (Å²) >= 11 is 6.07. The van der Waals surface area contributed by atoms with Gasteiger partial charge in [0.05, 0.1) is 4.90 Å². The molecule has 0 radical (unpaired) electrons. The number of nitrogens with two attached hydrogens (primary N) is 1. The maximum atomic E-state index is 12.8. The van der Waals surface area contributed by atoms with Crippen molar-refractivity contribution in [3.05, 3.63) is 64.7 Å². The van der Waals surface area contributed by atoms with Gasteiger partial charge in [-0.1, -0.05) is 48.0 Å². The molecule has 1 saturated heterocycles. The molecule has 0 spiro atoms. The van der Waals surface area contributed by atoms with E-state index >= 15 is 0 Å². The number of hydrogen-bond donors (Lipinski definition) is 1. The average Bonchev–Trinajstić information content (AvgIpc) is 2.93. The van der Waals surface area contributed by atoms with E-state index in [-0.39, 0.29) is 16.9 Å². The molecule has 122 valence electrons. The lowest BCUT2D eigenvalue weighted by atomic mass is 9.95. The van der Waals surface area contributed by atoms with Crippen molar-refractivity contribution in [1.29, 1.82) is 0 Å². The zero-order valence-corrected chi connectivity index (χ0v) is 14.4. The quantitative estimate of drug-likeness (QED) is 0.925. The third kappa shape index (κ3) is 3.15. The van der Waals surface area contributed by atoms with Crippen LogP contribution in [-0.4, -0.2) is 31.9 Å². The summed E-state index contributed by atoms with van der Waals surface area (Å²) in [5, 5.41) is 0.453. The molecule has 0 aromatic heterocycles. The van der Waals surface area contributed by atoms with Gasteiger partial charge in [-0.3, -0.25) is 0 Å². The molecular weight excluding hydrogens is 332 g/mol. The summed E-state index contributed by atoms with van der Waals surface area (Å²) in [5.74, 6) is 0.00638. The number of halogens is 1. The minimum atomic E-state index is -3.58. The first-order valence-electron chi connectivity index (χ1n) is 7.46. The molecule has 3 rings (SSSR count). The van der Waals surface area contributed by atoms with Gasteiger partial charge >= 0.3 is 0 Å². The molecule has 2 aromatic rings. The highest BCUT2D eigenvalue weighted by atomic mass is 35.5. The van der Waals surface area contributed by atoms with E-state index in [4.69, 9.17) is 17.3 Å². The number of rotatable bonds is 3. The summed E-state index contributed by atoms with van der Waals surface area (Å²) < 4.78 is 27.1. The highest BCUT2D eigenvalue weighted by Crippen LogP contribution is 2.31. The van der Waals surface area contributed by atoms with Crippen LogP contribution in [0.3, 0.4) is 0 Å². The fourth-order valence-corrected chi connectivity index (χ4v) is 4.70. The Kier molecular flexibility index (Phi) is 4.47. The van der Waals surface area contributed by atoms with E-state index in [1.165, 1.54) is 10.4 Å². The van der Waals surface area contributed by atoms with Gasteiger partial charge in [0, 0.05) is 30.1 Å². The molecule has 1 fully saturated rings. The van der Waals surface area contributed by atoms with Gasteiger partial charge in [0.15, 0.2) is 0 Å². The third-order valence-corrected chi connectivity index (χ3v) is 6.58. The normalized spacial score (nSPS) is 22.4. The number of benzene rings is 2. The lowest BCUT2D eigenvalue weighted by molar-refractivity contribution is 0.470. The standard InChI is InChI=1S/C17H19ClN2O2S/c1-12-7-8-14(9-16(12)18)23(21,22)20-10-15(17(19)11-20)13-5-3-2-4-6-13/h2-9,15,17H,10-11,19H2,1H3/t15-,17+/m0/s1. The van der Waals surface area contributed by atoms with Gasteiger partial charge in [-0.15, -0.1) is 0 Å². The van der Waals surface area contributed by atoms with E-state index in [0.717, 1.165) is 11.1 Å². The Morgan fingerprint density at radius 1 is 1.13 bits per heavy atom. The second-order valence-electron chi connectivity index (χ2n) is 5.91. The van der Waals surface area contributed by atoms with Crippen molar-refractivity contribution in [1.82, 2.24) is 4.31 Å². The average molecular weight is 351 g/mol. The fraction of sp³-hybridized carbons (Fsp3) is 0.294. The topological polar surface area (TPSA) is 63.4 Å². The van der Waals surface area contributed by atoms with Gasteiger partial charge < -0.3 is 5.73 Å². The Balaban J connectivity index is 1.88. The van der Waals surface area contributed by atoms with Gasteiger partial charge in [-0.2, -0.15) is 4.31 Å². The summed E-state index contributed by atoms with van der Waals surface area (Å²) in [6.45, 7) is 2.54. The van der Waals surface area contributed by atoms with Crippen LogP contribution in [0.4, 0.5) is 0 Å². The predicted octanol–water partition coefficient (Wildman–Crippen LogP) is 2.76. The summed E-state index contributed by atoms with van der Waals surface area (Å²) in [7, 11) is -3.58. The van der Waals surface area contributed by atoms with E-state index in [1.807, 2.05) is 37.3 Å². The SMILES string of the molecule is Cc1ccc(S(=O)(=O)N2C[C@@H](N)[C@H](c3ccccc3)C2)cc1Cl. The largest absolute Gasteiger partial charge is 0.326 e. The van der Waals surface area contributed by atoms with Crippen LogP contribution in [0.1, 0.15) is 17.0 Å². The molecule has 0 bridgehead atoms. The molecule has 2 aromatic carbocycles. The highest BCUT2D eigenvalue weighted by molar-refractivity contribution is 7.89. The van der Waals surface area contributed by atoms with Crippen molar-refractivity contribution >= 4 is 21.6 Å². The van der Waals surface area contributed by atoms with Crippen LogP contribution in [0, 0.1) is 6.92 Å². The molecule has 0 amide bonds. The first-order valence-corrected chi connectivity index (χ1v) is 9.28. The first-order chi connectivity index (χ1) is 10.9. The van der Waals surface area contributed by atoms with Crippen LogP contribution < -0.4 is 5.73 Å². The van der Waals surface area contributed by atoms with Crippen molar-refractivity contribution in [2.24, 2.45) is 5.73 Å². The number of nitrogens with zero attached hydrogens (tertiary/aromatic N) is 1. The van der Waals surface area contributed by atoms with Crippen molar-refractivity contribution in [3.63, 3.8) is 0 Å². The maximum absolute atomic E-state index is 12.8. The lowest BCUT2D eigenvalue weighted by Gasteiger charge is -2.17. The Morgan fingerprint density at radius 2 is 1.83 bits per heavy atom. The second-order valence-corrected chi connectivity index (χ2v) is 8.26. The third-order valence-electron chi connectivity index (χ3n) is 4.34. The van der Waals surface area contributed by atoms with Crippen molar-refractivity contribution < 1.29 is 8.42 Å². The minimum absolute atomic E-state index is 0.00638. The molecule has 2 N–H and O–H groups in total. The molecule has 0 saturated carbocycles. The molecular formula is C17H19ClN2O2S. The van der Waals surface area contributed by atoms with E-state index in [0.29, 0.717) is 18.1 Å². The number of aryl methyl sites for hydroxylation is 1. The molecule has 4 nitrogen and oxygen atoms in total. The lowest BCUT2D eigenvalue weighted by Crippen LogP contribution is -2.32. The maximum Gasteiger partial charge on any atom is 0.243 e. The summed E-state index contributed by atoms with van der Waals surface area (Å²) in [6, 6.07) is 14.4. The monoisotopic (exact) mass is 350 g/mol.